The normalized spacial score (nSPS) is 15.9. The molecule has 0 spiro atoms. The van der Waals surface area contributed by atoms with E-state index in [-0.39, 0.29) is 17.8 Å². The second-order valence-corrected chi connectivity index (χ2v) is 6.54. The highest BCUT2D eigenvalue weighted by atomic mass is 19.1. The van der Waals surface area contributed by atoms with Gasteiger partial charge in [-0.15, -0.1) is 0 Å². The summed E-state index contributed by atoms with van der Waals surface area (Å²) in [6.07, 6.45) is 0.832. The van der Waals surface area contributed by atoms with Crippen molar-refractivity contribution >= 4 is 5.91 Å². The SMILES string of the molecule is CCCN1C(=O)c2[nH]nc(-c3ccc(OC)cc3)c2C1c1ccc(F)cc1. The number of rotatable bonds is 5. The maximum absolute atomic E-state index is 13.4. The molecular weight excluding hydrogens is 345 g/mol. The van der Waals surface area contributed by atoms with Crippen molar-refractivity contribution in [3.63, 3.8) is 0 Å². The fourth-order valence-corrected chi connectivity index (χ4v) is 3.63. The summed E-state index contributed by atoms with van der Waals surface area (Å²) in [7, 11) is 1.62. The van der Waals surface area contributed by atoms with Crippen molar-refractivity contribution in [2.75, 3.05) is 13.7 Å². The van der Waals surface area contributed by atoms with Gasteiger partial charge in [0.15, 0.2) is 0 Å². The molecule has 3 aromatic rings. The van der Waals surface area contributed by atoms with E-state index in [2.05, 4.69) is 10.2 Å². The van der Waals surface area contributed by atoms with Gasteiger partial charge in [0.1, 0.15) is 17.3 Å². The van der Waals surface area contributed by atoms with Gasteiger partial charge < -0.3 is 9.64 Å². The zero-order valence-electron chi connectivity index (χ0n) is 15.2. The number of methoxy groups -OCH3 is 1. The number of carbonyl (C=O) groups is 1. The quantitative estimate of drug-likeness (QED) is 0.738. The van der Waals surface area contributed by atoms with Gasteiger partial charge in [-0.3, -0.25) is 9.89 Å². The fourth-order valence-electron chi connectivity index (χ4n) is 3.63. The van der Waals surface area contributed by atoms with Gasteiger partial charge in [0.2, 0.25) is 0 Å². The van der Waals surface area contributed by atoms with E-state index < -0.39 is 0 Å². The van der Waals surface area contributed by atoms with Gasteiger partial charge in [0.25, 0.3) is 5.91 Å². The van der Waals surface area contributed by atoms with Crippen LogP contribution in [0.15, 0.2) is 48.5 Å². The minimum Gasteiger partial charge on any atom is -0.497 e. The van der Waals surface area contributed by atoms with Crippen LogP contribution in [0.2, 0.25) is 0 Å². The molecule has 1 aromatic heterocycles. The molecule has 2 heterocycles. The lowest BCUT2D eigenvalue weighted by molar-refractivity contribution is 0.0744. The summed E-state index contributed by atoms with van der Waals surface area (Å²) < 4.78 is 18.7. The number of nitrogens with one attached hydrogen (secondary N) is 1. The molecule has 0 fully saturated rings. The first kappa shape index (κ1) is 17.3. The summed E-state index contributed by atoms with van der Waals surface area (Å²) in [5, 5.41) is 7.33. The van der Waals surface area contributed by atoms with Crippen molar-refractivity contribution in [2.24, 2.45) is 0 Å². The monoisotopic (exact) mass is 365 g/mol. The van der Waals surface area contributed by atoms with E-state index in [0.29, 0.717) is 12.2 Å². The summed E-state index contributed by atoms with van der Waals surface area (Å²) in [5.74, 6) is 0.381. The summed E-state index contributed by atoms with van der Waals surface area (Å²) in [5.41, 5.74) is 3.84. The molecule has 0 aliphatic carbocycles. The minimum atomic E-state index is -0.298. The Morgan fingerprint density at radius 1 is 1.15 bits per heavy atom. The van der Waals surface area contributed by atoms with Crippen LogP contribution in [0.4, 0.5) is 4.39 Å². The van der Waals surface area contributed by atoms with Gasteiger partial charge in [-0.25, -0.2) is 4.39 Å². The number of hydrogen-bond acceptors (Lipinski definition) is 3. The van der Waals surface area contributed by atoms with Crippen molar-refractivity contribution in [3.05, 3.63) is 71.2 Å². The maximum Gasteiger partial charge on any atom is 0.273 e. The highest BCUT2D eigenvalue weighted by Crippen LogP contribution is 2.42. The summed E-state index contributed by atoms with van der Waals surface area (Å²) >= 11 is 0. The topological polar surface area (TPSA) is 58.2 Å². The number of halogens is 1. The molecule has 0 radical (unpaired) electrons. The number of nitrogens with zero attached hydrogens (tertiary/aromatic N) is 2. The highest BCUT2D eigenvalue weighted by Gasteiger charge is 2.41. The Bertz CT molecular complexity index is 964. The van der Waals surface area contributed by atoms with Crippen molar-refractivity contribution in [3.8, 4) is 17.0 Å². The molecule has 4 rings (SSSR count). The molecule has 138 valence electrons. The number of carbonyl (C=O) groups excluding carboxylic acids is 1. The van der Waals surface area contributed by atoms with Crippen LogP contribution in [0.1, 0.15) is 41.0 Å². The van der Waals surface area contributed by atoms with Gasteiger partial charge in [0.05, 0.1) is 18.8 Å². The zero-order chi connectivity index (χ0) is 19.0. The largest absolute Gasteiger partial charge is 0.497 e. The van der Waals surface area contributed by atoms with Crippen LogP contribution < -0.4 is 4.74 Å². The first-order valence-electron chi connectivity index (χ1n) is 8.93. The summed E-state index contributed by atoms with van der Waals surface area (Å²) in [6, 6.07) is 13.6. The molecule has 1 aliphatic rings. The van der Waals surface area contributed by atoms with Gasteiger partial charge in [-0.1, -0.05) is 19.1 Å². The molecule has 1 atom stereocenters. The standard InChI is InChI=1S/C21H20FN3O2/c1-3-12-25-20(14-4-8-15(22)9-5-14)17-18(23-24-19(17)21(25)26)13-6-10-16(27-2)11-7-13/h4-11,20H,3,12H2,1-2H3,(H,23,24). The Kier molecular flexibility index (Phi) is 4.39. The summed E-state index contributed by atoms with van der Waals surface area (Å²) in [4.78, 5) is 14.8. The lowest BCUT2D eigenvalue weighted by Crippen LogP contribution is -2.30. The van der Waals surface area contributed by atoms with Crippen LogP contribution >= 0.6 is 0 Å². The number of ether oxygens (including phenoxy) is 1. The van der Waals surface area contributed by atoms with Crippen molar-refractivity contribution in [1.82, 2.24) is 15.1 Å². The van der Waals surface area contributed by atoms with E-state index in [9.17, 15) is 9.18 Å². The van der Waals surface area contributed by atoms with Gasteiger partial charge in [-0.05, 0) is 48.4 Å². The van der Waals surface area contributed by atoms with Crippen molar-refractivity contribution < 1.29 is 13.9 Å². The second kappa shape index (κ2) is 6.87. The minimum absolute atomic E-state index is 0.0755. The Morgan fingerprint density at radius 2 is 1.85 bits per heavy atom. The van der Waals surface area contributed by atoms with Gasteiger partial charge in [0, 0.05) is 17.7 Å². The smallest absolute Gasteiger partial charge is 0.273 e. The average Bonchev–Trinajstić information content (AvgIpc) is 3.23. The van der Waals surface area contributed by atoms with E-state index >= 15 is 0 Å². The number of amides is 1. The molecule has 2 aromatic carbocycles. The molecule has 1 aliphatic heterocycles. The first-order valence-corrected chi connectivity index (χ1v) is 8.93. The molecule has 6 heteroatoms. The predicted molar refractivity (Wildman–Crippen MR) is 100 cm³/mol. The average molecular weight is 365 g/mol. The Labute approximate surface area is 156 Å². The number of H-pyrrole nitrogens is 1. The van der Waals surface area contributed by atoms with Crippen LogP contribution in [0.3, 0.4) is 0 Å². The zero-order valence-corrected chi connectivity index (χ0v) is 15.2. The lowest BCUT2D eigenvalue weighted by atomic mass is 9.96. The highest BCUT2D eigenvalue weighted by molar-refractivity contribution is 6.00. The van der Waals surface area contributed by atoms with Crippen LogP contribution in [-0.4, -0.2) is 34.7 Å². The Hall–Kier alpha value is -3.15. The third-order valence-electron chi connectivity index (χ3n) is 4.88. The summed E-state index contributed by atoms with van der Waals surface area (Å²) in [6.45, 7) is 2.65. The Morgan fingerprint density at radius 3 is 2.48 bits per heavy atom. The maximum atomic E-state index is 13.4. The molecule has 1 amide bonds. The van der Waals surface area contributed by atoms with E-state index in [0.717, 1.165) is 34.6 Å². The molecule has 0 saturated heterocycles. The number of fused-ring (bicyclic) bond motifs is 1. The van der Waals surface area contributed by atoms with Crippen LogP contribution in [0, 0.1) is 5.82 Å². The molecule has 27 heavy (non-hydrogen) atoms. The van der Waals surface area contributed by atoms with Crippen LogP contribution in [-0.2, 0) is 0 Å². The van der Waals surface area contributed by atoms with Gasteiger partial charge >= 0.3 is 0 Å². The lowest BCUT2D eigenvalue weighted by Gasteiger charge is -2.26. The van der Waals surface area contributed by atoms with E-state index in [1.54, 1.807) is 19.2 Å². The van der Waals surface area contributed by atoms with Crippen molar-refractivity contribution in [1.29, 1.82) is 0 Å². The molecule has 5 nitrogen and oxygen atoms in total. The number of benzene rings is 2. The number of hydrogen-bond donors (Lipinski definition) is 1. The van der Waals surface area contributed by atoms with Crippen LogP contribution in [0.5, 0.6) is 5.75 Å². The third kappa shape index (κ3) is 2.87. The van der Waals surface area contributed by atoms with Crippen molar-refractivity contribution in [2.45, 2.75) is 19.4 Å². The molecule has 0 saturated carbocycles. The molecule has 1 N–H and O–H groups in total. The molecular formula is C21H20FN3O2. The first-order chi connectivity index (χ1) is 13.1. The number of aromatic amines is 1. The predicted octanol–water partition coefficient (Wildman–Crippen LogP) is 4.18. The van der Waals surface area contributed by atoms with Crippen LogP contribution in [0.25, 0.3) is 11.3 Å². The Balaban J connectivity index is 1.85. The van der Waals surface area contributed by atoms with Gasteiger partial charge in [-0.2, -0.15) is 5.10 Å². The third-order valence-corrected chi connectivity index (χ3v) is 4.88. The molecule has 1 unspecified atom stereocenters. The van der Waals surface area contributed by atoms with E-state index in [4.69, 9.17) is 4.74 Å². The molecule has 0 bridgehead atoms. The van der Waals surface area contributed by atoms with E-state index in [1.165, 1.54) is 12.1 Å². The fraction of sp³-hybridized carbons (Fsp3) is 0.238. The second-order valence-electron chi connectivity index (χ2n) is 6.54. The number of aromatic nitrogens is 2. The van der Waals surface area contributed by atoms with E-state index in [1.807, 2.05) is 36.1 Å².